The monoisotopic (exact) mass is 448 g/mol. The van der Waals surface area contributed by atoms with Crippen LogP contribution in [0.4, 0.5) is 4.39 Å². The molecule has 0 N–H and O–H groups in total. The molecule has 0 spiro atoms. The van der Waals surface area contributed by atoms with Gasteiger partial charge in [0.1, 0.15) is 5.82 Å². The first kappa shape index (κ1) is 19.9. The van der Waals surface area contributed by atoms with Crippen LogP contribution in [-0.2, 0) is 0 Å². The molecule has 0 saturated heterocycles. The summed E-state index contributed by atoms with van der Waals surface area (Å²) >= 11 is 0. The second-order valence-corrected chi connectivity index (χ2v) is 9.00. The molecule has 0 saturated carbocycles. The van der Waals surface area contributed by atoms with Crippen molar-refractivity contribution in [2.45, 2.75) is 0 Å². The Morgan fingerprint density at radius 1 is 0.343 bits per heavy atom. The molecule has 0 atom stereocenters. The first-order chi connectivity index (χ1) is 17.3. The van der Waals surface area contributed by atoms with E-state index in [4.69, 9.17) is 0 Å². The molecule has 7 rings (SSSR count). The zero-order valence-electron chi connectivity index (χ0n) is 19.0. The second kappa shape index (κ2) is 7.78. The molecule has 0 aromatic heterocycles. The minimum absolute atomic E-state index is 0.176. The summed E-state index contributed by atoms with van der Waals surface area (Å²) in [5.74, 6) is -0.176. The Morgan fingerprint density at radius 3 is 1.23 bits per heavy atom. The van der Waals surface area contributed by atoms with Gasteiger partial charge in [0, 0.05) is 22.3 Å². The lowest BCUT2D eigenvalue weighted by atomic mass is 9.82. The first-order valence-corrected chi connectivity index (χ1v) is 11.9. The minimum Gasteiger partial charge on any atom is -0.206 e. The van der Waals surface area contributed by atoms with Gasteiger partial charge in [0.05, 0.1) is 0 Å². The van der Waals surface area contributed by atoms with Crippen molar-refractivity contribution in [1.82, 2.24) is 0 Å². The maximum atomic E-state index is 17.1. The van der Waals surface area contributed by atoms with E-state index in [9.17, 15) is 0 Å². The topological polar surface area (TPSA) is 0 Å². The molecule has 0 nitrogen and oxygen atoms in total. The van der Waals surface area contributed by atoms with E-state index in [-0.39, 0.29) is 5.82 Å². The summed E-state index contributed by atoms with van der Waals surface area (Å²) in [5.41, 5.74) is 9.43. The fourth-order valence-electron chi connectivity index (χ4n) is 5.66. The lowest BCUT2D eigenvalue weighted by molar-refractivity contribution is 0.636. The summed E-state index contributed by atoms with van der Waals surface area (Å²) in [6.45, 7) is 0. The van der Waals surface area contributed by atoms with Crippen LogP contribution in [0.15, 0.2) is 127 Å². The summed E-state index contributed by atoms with van der Waals surface area (Å²) in [6, 6.07) is 43.0. The number of hydrogen-bond acceptors (Lipinski definition) is 0. The zero-order chi connectivity index (χ0) is 23.4. The molecule has 0 heterocycles. The summed E-state index contributed by atoms with van der Waals surface area (Å²) < 4.78 is 17.1. The van der Waals surface area contributed by atoms with Gasteiger partial charge in [0.25, 0.3) is 0 Å². The van der Waals surface area contributed by atoms with Gasteiger partial charge in [-0.05, 0) is 44.2 Å². The maximum absolute atomic E-state index is 17.1. The normalized spacial score (nSPS) is 11.6. The average Bonchev–Trinajstić information content (AvgIpc) is 3.25. The van der Waals surface area contributed by atoms with Crippen LogP contribution < -0.4 is 0 Å². The Hall–Kier alpha value is -4.49. The Morgan fingerprint density at radius 2 is 0.743 bits per heavy atom. The van der Waals surface area contributed by atoms with Gasteiger partial charge in [-0.1, -0.05) is 127 Å². The highest BCUT2D eigenvalue weighted by Gasteiger charge is 2.33. The van der Waals surface area contributed by atoms with E-state index in [0.29, 0.717) is 11.1 Å². The van der Waals surface area contributed by atoms with E-state index in [1.54, 1.807) is 0 Å². The van der Waals surface area contributed by atoms with Gasteiger partial charge >= 0.3 is 0 Å². The first-order valence-electron chi connectivity index (χ1n) is 11.9. The van der Waals surface area contributed by atoms with Crippen LogP contribution in [0.2, 0.25) is 0 Å². The predicted octanol–water partition coefficient (Wildman–Crippen LogP) is 9.63. The molecule has 6 aromatic rings. The third kappa shape index (κ3) is 2.92. The SMILES string of the molecule is Fc1c(-c2ccccc2)c(-c2ccccc2)c2c(c1-c1ccccc1)-c1cccc3cccc-2c13. The van der Waals surface area contributed by atoms with E-state index < -0.39 is 0 Å². The molecule has 0 amide bonds. The van der Waals surface area contributed by atoms with Crippen LogP contribution >= 0.6 is 0 Å². The highest BCUT2D eigenvalue weighted by molar-refractivity contribution is 6.22. The Bertz CT molecular complexity index is 1710. The van der Waals surface area contributed by atoms with E-state index in [1.807, 2.05) is 78.9 Å². The molecule has 0 bridgehead atoms. The molecule has 164 valence electrons. The van der Waals surface area contributed by atoms with E-state index in [2.05, 4.69) is 48.5 Å². The Kier molecular flexibility index (Phi) is 4.43. The van der Waals surface area contributed by atoms with Crippen molar-refractivity contribution in [3.63, 3.8) is 0 Å². The van der Waals surface area contributed by atoms with Crippen LogP contribution in [0.1, 0.15) is 0 Å². The molecular formula is C34H21F. The molecule has 0 unspecified atom stereocenters. The van der Waals surface area contributed by atoms with Crippen molar-refractivity contribution < 1.29 is 4.39 Å². The van der Waals surface area contributed by atoms with Gasteiger partial charge in [-0.2, -0.15) is 0 Å². The van der Waals surface area contributed by atoms with E-state index in [0.717, 1.165) is 38.9 Å². The standard InChI is InChI=1S/C34H21F/c35-34-30(24-14-6-2-7-15-24)29(23-12-4-1-5-13-23)32-26-20-10-18-22-19-11-21-27(28(22)26)33(32)31(34)25-16-8-3-9-17-25/h1-21H. The number of rotatable bonds is 3. The molecule has 0 fully saturated rings. The van der Waals surface area contributed by atoms with Crippen molar-refractivity contribution >= 4 is 10.8 Å². The largest absolute Gasteiger partial charge is 0.206 e. The molecule has 35 heavy (non-hydrogen) atoms. The third-order valence-electron chi connectivity index (χ3n) is 7.07. The van der Waals surface area contributed by atoms with E-state index >= 15 is 4.39 Å². The van der Waals surface area contributed by atoms with Crippen LogP contribution in [0.5, 0.6) is 0 Å². The summed E-state index contributed by atoms with van der Waals surface area (Å²) in [5, 5.41) is 2.37. The van der Waals surface area contributed by atoms with Gasteiger partial charge in [-0.25, -0.2) is 4.39 Å². The number of fused-ring (bicyclic) bond motifs is 3. The smallest absolute Gasteiger partial charge is 0.140 e. The van der Waals surface area contributed by atoms with Gasteiger partial charge in [-0.15, -0.1) is 0 Å². The third-order valence-corrected chi connectivity index (χ3v) is 7.07. The Labute approximate surface area is 204 Å². The van der Waals surface area contributed by atoms with Gasteiger partial charge < -0.3 is 0 Å². The number of halogens is 1. The number of benzene rings is 6. The van der Waals surface area contributed by atoms with Crippen LogP contribution in [0.25, 0.3) is 66.4 Å². The van der Waals surface area contributed by atoms with Crippen LogP contribution in [0.3, 0.4) is 0 Å². The summed E-state index contributed by atoms with van der Waals surface area (Å²) in [7, 11) is 0. The molecule has 1 aliphatic carbocycles. The predicted molar refractivity (Wildman–Crippen MR) is 145 cm³/mol. The Balaban J connectivity index is 1.75. The molecular weight excluding hydrogens is 427 g/mol. The molecule has 0 radical (unpaired) electrons. The quantitative estimate of drug-likeness (QED) is 0.252. The zero-order valence-corrected chi connectivity index (χ0v) is 19.0. The molecule has 1 heteroatoms. The highest BCUT2D eigenvalue weighted by Crippen LogP contribution is 2.58. The van der Waals surface area contributed by atoms with Crippen molar-refractivity contribution in [3.05, 3.63) is 133 Å². The minimum atomic E-state index is -0.176. The molecule has 6 aromatic carbocycles. The fourth-order valence-corrected chi connectivity index (χ4v) is 5.66. The summed E-state index contributed by atoms with van der Waals surface area (Å²) in [4.78, 5) is 0. The van der Waals surface area contributed by atoms with Crippen LogP contribution in [0, 0.1) is 5.82 Å². The average molecular weight is 449 g/mol. The van der Waals surface area contributed by atoms with Crippen LogP contribution in [-0.4, -0.2) is 0 Å². The lowest BCUT2D eigenvalue weighted by Crippen LogP contribution is -1.99. The van der Waals surface area contributed by atoms with Crippen molar-refractivity contribution in [1.29, 1.82) is 0 Å². The van der Waals surface area contributed by atoms with Gasteiger partial charge in [0.15, 0.2) is 0 Å². The highest BCUT2D eigenvalue weighted by atomic mass is 19.1. The van der Waals surface area contributed by atoms with Crippen molar-refractivity contribution in [3.8, 4) is 55.6 Å². The van der Waals surface area contributed by atoms with E-state index in [1.165, 1.54) is 16.3 Å². The lowest BCUT2D eigenvalue weighted by Gasteiger charge is -2.22. The second-order valence-electron chi connectivity index (χ2n) is 9.00. The van der Waals surface area contributed by atoms with Gasteiger partial charge in [-0.3, -0.25) is 0 Å². The summed E-state index contributed by atoms with van der Waals surface area (Å²) in [6.07, 6.45) is 0. The molecule has 1 aliphatic rings. The number of hydrogen-bond donors (Lipinski definition) is 0. The van der Waals surface area contributed by atoms with Crippen molar-refractivity contribution in [2.24, 2.45) is 0 Å². The van der Waals surface area contributed by atoms with Crippen molar-refractivity contribution in [2.75, 3.05) is 0 Å². The molecule has 0 aliphatic heterocycles. The fraction of sp³-hybridized carbons (Fsp3) is 0. The van der Waals surface area contributed by atoms with Gasteiger partial charge in [0.2, 0.25) is 0 Å². The maximum Gasteiger partial charge on any atom is 0.140 e.